The molecule has 0 aliphatic carbocycles. The molecule has 1 aromatic heterocycles. The second-order valence-electron chi connectivity index (χ2n) is 3.71. The summed E-state index contributed by atoms with van der Waals surface area (Å²) in [5, 5.41) is 7.72. The third kappa shape index (κ3) is 3.83. The number of aromatic nitrogens is 2. The molecule has 0 bridgehead atoms. The van der Waals surface area contributed by atoms with Gasteiger partial charge in [-0.2, -0.15) is 0 Å². The average Bonchev–Trinajstić information content (AvgIpc) is 2.85. The van der Waals surface area contributed by atoms with E-state index < -0.39 is 15.8 Å². The van der Waals surface area contributed by atoms with Gasteiger partial charge in [0, 0.05) is 0 Å². The zero-order chi connectivity index (χ0) is 15.5. The van der Waals surface area contributed by atoms with E-state index in [1.807, 2.05) is 6.92 Å². The molecule has 21 heavy (non-hydrogen) atoms. The van der Waals surface area contributed by atoms with E-state index in [0.29, 0.717) is 4.34 Å². The van der Waals surface area contributed by atoms with Crippen LogP contribution in [0.3, 0.4) is 0 Å². The highest BCUT2D eigenvalue weighted by molar-refractivity contribution is 8.01. The summed E-state index contributed by atoms with van der Waals surface area (Å²) in [5.74, 6) is 0.0387. The summed E-state index contributed by atoms with van der Waals surface area (Å²) in [6.45, 7) is 1.95. The third-order valence-corrected chi connectivity index (χ3v) is 5.65. The SMILES string of the molecule is CCSc1nnc(NS(=O)(=O)c2ccc(OC)c(F)c2)s1. The lowest BCUT2D eigenvalue weighted by atomic mass is 10.3. The number of nitrogens with zero attached hydrogens (tertiary/aromatic N) is 2. The molecule has 1 heterocycles. The van der Waals surface area contributed by atoms with Gasteiger partial charge in [-0.15, -0.1) is 10.2 Å². The molecule has 0 saturated heterocycles. The van der Waals surface area contributed by atoms with Crippen molar-refractivity contribution in [1.82, 2.24) is 10.2 Å². The van der Waals surface area contributed by atoms with Gasteiger partial charge in [0.15, 0.2) is 15.9 Å². The molecule has 2 rings (SSSR count). The van der Waals surface area contributed by atoms with Crippen LogP contribution in [0, 0.1) is 5.82 Å². The molecular formula is C11H12FN3O3S3. The first-order valence-electron chi connectivity index (χ1n) is 5.79. The fourth-order valence-corrected chi connectivity index (χ4v) is 4.31. The second-order valence-corrected chi connectivity index (χ2v) is 7.88. The predicted octanol–water partition coefficient (Wildman–Crippen LogP) is 2.60. The van der Waals surface area contributed by atoms with Crippen molar-refractivity contribution < 1.29 is 17.5 Å². The lowest BCUT2D eigenvalue weighted by molar-refractivity contribution is 0.385. The Labute approximate surface area is 129 Å². The molecule has 0 aliphatic heterocycles. The predicted molar refractivity (Wildman–Crippen MR) is 80.1 cm³/mol. The molecule has 6 nitrogen and oxygen atoms in total. The van der Waals surface area contributed by atoms with E-state index in [2.05, 4.69) is 14.9 Å². The molecule has 10 heteroatoms. The van der Waals surface area contributed by atoms with E-state index in [0.717, 1.165) is 23.2 Å². The van der Waals surface area contributed by atoms with Crippen LogP contribution >= 0.6 is 23.1 Å². The van der Waals surface area contributed by atoms with Crippen molar-refractivity contribution in [3.8, 4) is 5.75 Å². The minimum atomic E-state index is -3.91. The van der Waals surface area contributed by atoms with Crippen LogP contribution in [0.15, 0.2) is 27.4 Å². The van der Waals surface area contributed by atoms with Crippen molar-refractivity contribution >= 4 is 38.3 Å². The summed E-state index contributed by atoms with van der Waals surface area (Å²) in [4.78, 5) is -0.208. The van der Waals surface area contributed by atoms with Crippen molar-refractivity contribution in [1.29, 1.82) is 0 Å². The number of hydrogen-bond donors (Lipinski definition) is 1. The van der Waals surface area contributed by atoms with Gasteiger partial charge in [-0.3, -0.25) is 4.72 Å². The topological polar surface area (TPSA) is 81.2 Å². The first-order valence-corrected chi connectivity index (χ1v) is 9.07. The number of sulfonamides is 1. The Balaban J connectivity index is 2.23. The van der Waals surface area contributed by atoms with Crippen molar-refractivity contribution in [3.63, 3.8) is 0 Å². The lowest BCUT2D eigenvalue weighted by Crippen LogP contribution is -2.13. The minimum Gasteiger partial charge on any atom is -0.494 e. The Hall–Kier alpha value is -1.39. The maximum Gasteiger partial charge on any atom is 0.263 e. The van der Waals surface area contributed by atoms with E-state index in [4.69, 9.17) is 4.74 Å². The molecule has 0 saturated carbocycles. The molecule has 0 atom stereocenters. The van der Waals surface area contributed by atoms with Crippen molar-refractivity contribution in [2.45, 2.75) is 16.2 Å². The number of ether oxygens (including phenoxy) is 1. The van der Waals surface area contributed by atoms with Crippen LogP contribution in [0.1, 0.15) is 6.92 Å². The highest BCUT2D eigenvalue weighted by Crippen LogP contribution is 2.27. The molecule has 0 amide bonds. The summed E-state index contributed by atoms with van der Waals surface area (Å²) in [5.41, 5.74) is 0. The quantitative estimate of drug-likeness (QED) is 0.808. The average molecular weight is 349 g/mol. The van der Waals surface area contributed by atoms with Crippen LogP contribution in [0.5, 0.6) is 5.75 Å². The van der Waals surface area contributed by atoms with Crippen LogP contribution in [0.2, 0.25) is 0 Å². The summed E-state index contributed by atoms with van der Waals surface area (Å²) < 4.78 is 45.5. The van der Waals surface area contributed by atoms with Crippen LogP contribution in [0.4, 0.5) is 9.52 Å². The summed E-state index contributed by atoms with van der Waals surface area (Å²) >= 11 is 2.58. The van der Waals surface area contributed by atoms with Crippen LogP contribution in [-0.4, -0.2) is 31.5 Å². The largest absolute Gasteiger partial charge is 0.494 e. The number of methoxy groups -OCH3 is 1. The van der Waals surface area contributed by atoms with Gasteiger partial charge >= 0.3 is 0 Å². The van der Waals surface area contributed by atoms with E-state index in [1.165, 1.54) is 31.0 Å². The monoisotopic (exact) mass is 349 g/mol. The number of thioether (sulfide) groups is 1. The van der Waals surface area contributed by atoms with Gasteiger partial charge in [0.05, 0.1) is 12.0 Å². The normalized spacial score (nSPS) is 11.4. The molecule has 0 unspecified atom stereocenters. The Bertz CT molecular complexity index is 733. The first kappa shape index (κ1) is 16.0. The highest BCUT2D eigenvalue weighted by atomic mass is 32.2. The fourth-order valence-electron chi connectivity index (χ4n) is 1.42. The number of benzene rings is 1. The van der Waals surface area contributed by atoms with Gasteiger partial charge in [-0.25, -0.2) is 12.8 Å². The maximum atomic E-state index is 13.6. The van der Waals surface area contributed by atoms with Crippen molar-refractivity contribution in [2.24, 2.45) is 0 Å². The Kier molecular flexibility index (Phi) is 5.01. The van der Waals surface area contributed by atoms with E-state index in [1.54, 1.807) is 0 Å². The zero-order valence-electron chi connectivity index (χ0n) is 11.2. The zero-order valence-corrected chi connectivity index (χ0v) is 13.6. The fraction of sp³-hybridized carbons (Fsp3) is 0.273. The molecule has 0 radical (unpaired) electrons. The van der Waals surface area contributed by atoms with Gasteiger partial charge in [0.25, 0.3) is 10.0 Å². The van der Waals surface area contributed by atoms with E-state index in [9.17, 15) is 12.8 Å². The molecule has 1 N–H and O–H groups in total. The summed E-state index contributed by atoms with van der Waals surface area (Å²) in [6.07, 6.45) is 0. The minimum absolute atomic E-state index is 0.0218. The number of nitrogens with one attached hydrogen (secondary N) is 1. The highest BCUT2D eigenvalue weighted by Gasteiger charge is 2.19. The van der Waals surface area contributed by atoms with Crippen LogP contribution in [-0.2, 0) is 10.0 Å². The van der Waals surface area contributed by atoms with Crippen LogP contribution in [0.25, 0.3) is 0 Å². The summed E-state index contributed by atoms with van der Waals surface area (Å²) in [7, 11) is -2.60. The van der Waals surface area contributed by atoms with Gasteiger partial charge < -0.3 is 4.74 Å². The summed E-state index contributed by atoms with van der Waals surface area (Å²) in [6, 6.07) is 3.40. The van der Waals surface area contributed by atoms with Crippen molar-refractivity contribution in [2.75, 3.05) is 17.6 Å². The molecule has 0 fully saturated rings. The molecule has 1 aromatic carbocycles. The van der Waals surface area contributed by atoms with E-state index >= 15 is 0 Å². The number of halogens is 1. The van der Waals surface area contributed by atoms with Crippen LogP contribution < -0.4 is 9.46 Å². The van der Waals surface area contributed by atoms with Gasteiger partial charge in [-0.05, 0) is 24.0 Å². The molecule has 0 spiro atoms. The number of rotatable bonds is 6. The maximum absolute atomic E-state index is 13.6. The number of hydrogen-bond acceptors (Lipinski definition) is 7. The number of anilines is 1. The van der Waals surface area contributed by atoms with Crippen molar-refractivity contribution in [3.05, 3.63) is 24.0 Å². The Morgan fingerprint density at radius 1 is 1.43 bits per heavy atom. The Morgan fingerprint density at radius 2 is 2.19 bits per heavy atom. The third-order valence-electron chi connectivity index (χ3n) is 2.33. The molecule has 114 valence electrons. The van der Waals surface area contributed by atoms with E-state index in [-0.39, 0.29) is 15.8 Å². The standard InChI is InChI=1S/C11H12FN3O3S3/c1-3-19-11-14-13-10(20-11)15-21(16,17)7-4-5-9(18-2)8(12)6-7/h4-6H,3H2,1-2H3,(H,13,15). The first-order chi connectivity index (χ1) is 9.96. The Morgan fingerprint density at radius 3 is 2.81 bits per heavy atom. The second kappa shape index (κ2) is 6.58. The smallest absolute Gasteiger partial charge is 0.263 e. The van der Waals surface area contributed by atoms with Gasteiger partial charge in [-0.1, -0.05) is 30.0 Å². The molecule has 2 aromatic rings. The molecular weight excluding hydrogens is 337 g/mol. The molecule has 0 aliphatic rings. The van der Waals surface area contributed by atoms with Gasteiger partial charge in [0.1, 0.15) is 0 Å². The lowest BCUT2D eigenvalue weighted by Gasteiger charge is -2.06. The van der Waals surface area contributed by atoms with Gasteiger partial charge in [0.2, 0.25) is 5.13 Å².